The Morgan fingerprint density at radius 3 is 2.66 bits per heavy atom. The SMILES string of the molecule is Cc1c(-c2nc(SCC(=O)c3cccc(Br)c3)n[nH]2)nnn1-c1ccc(S(N)(=O)=O)cc1. The highest BCUT2D eigenvalue weighted by Gasteiger charge is 2.17. The molecular weight excluding hydrogens is 518 g/mol. The van der Waals surface area contributed by atoms with Crippen molar-refractivity contribution in [2.75, 3.05) is 5.75 Å². The van der Waals surface area contributed by atoms with Crippen LogP contribution in [0.3, 0.4) is 0 Å². The molecule has 2 aromatic heterocycles. The van der Waals surface area contributed by atoms with E-state index in [0.717, 1.165) is 4.47 Å². The third-order valence-corrected chi connectivity index (χ3v) is 6.74. The van der Waals surface area contributed by atoms with Crippen molar-refractivity contribution in [3.05, 3.63) is 64.3 Å². The van der Waals surface area contributed by atoms with Crippen molar-refractivity contribution in [2.24, 2.45) is 5.14 Å². The third-order valence-electron chi connectivity index (χ3n) is 4.47. The first-order valence-corrected chi connectivity index (χ1v) is 12.4. The first-order valence-electron chi connectivity index (χ1n) is 9.12. The maximum Gasteiger partial charge on any atom is 0.238 e. The minimum Gasteiger partial charge on any atom is -0.293 e. The predicted octanol–water partition coefficient (Wildman–Crippen LogP) is 2.75. The maximum absolute atomic E-state index is 12.4. The number of H-pyrrole nitrogens is 1. The molecule has 0 bridgehead atoms. The van der Waals surface area contributed by atoms with Gasteiger partial charge in [-0.15, -0.1) is 10.2 Å². The quantitative estimate of drug-likeness (QED) is 0.272. The van der Waals surface area contributed by atoms with E-state index in [9.17, 15) is 13.2 Å². The largest absolute Gasteiger partial charge is 0.293 e. The number of ketones is 1. The number of sulfonamides is 1. The Hall–Kier alpha value is -2.87. The molecule has 0 aliphatic carbocycles. The second kappa shape index (κ2) is 8.94. The van der Waals surface area contributed by atoms with Crippen LogP contribution in [0.15, 0.2) is 63.1 Å². The molecule has 32 heavy (non-hydrogen) atoms. The standard InChI is InChI=1S/C19H16BrN7O3S2/c1-11-17(23-26-27(11)14-5-7-15(8-6-14)32(21,29)30)18-22-19(25-24-18)31-10-16(28)12-3-2-4-13(20)9-12/h2-9H,10H2,1H3,(H2,21,29,30)(H,22,24,25). The Labute approximate surface area is 195 Å². The monoisotopic (exact) mass is 533 g/mol. The van der Waals surface area contributed by atoms with Crippen molar-refractivity contribution in [1.82, 2.24) is 30.2 Å². The zero-order valence-electron chi connectivity index (χ0n) is 16.6. The first-order chi connectivity index (χ1) is 15.2. The minimum absolute atomic E-state index is 0.00792. The number of nitrogens with two attached hydrogens (primary N) is 1. The number of hydrogen-bond acceptors (Lipinski definition) is 8. The van der Waals surface area contributed by atoms with E-state index in [1.807, 2.05) is 12.1 Å². The molecule has 164 valence electrons. The van der Waals surface area contributed by atoms with E-state index in [-0.39, 0.29) is 16.4 Å². The van der Waals surface area contributed by atoms with Crippen LogP contribution in [0, 0.1) is 6.92 Å². The third kappa shape index (κ3) is 4.80. The smallest absolute Gasteiger partial charge is 0.238 e. The van der Waals surface area contributed by atoms with Crippen LogP contribution in [0.5, 0.6) is 0 Å². The van der Waals surface area contributed by atoms with Gasteiger partial charge in [0.15, 0.2) is 17.3 Å². The Morgan fingerprint density at radius 1 is 1.22 bits per heavy atom. The number of benzene rings is 2. The zero-order valence-corrected chi connectivity index (χ0v) is 19.8. The van der Waals surface area contributed by atoms with Gasteiger partial charge in [-0.25, -0.2) is 18.2 Å². The van der Waals surface area contributed by atoms with Crippen molar-refractivity contribution >= 4 is 43.5 Å². The second-order valence-electron chi connectivity index (χ2n) is 6.66. The van der Waals surface area contributed by atoms with Crippen LogP contribution in [-0.2, 0) is 10.0 Å². The fourth-order valence-corrected chi connectivity index (χ4v) is 4.47. The van der Waals surface area contributed by atoms with Crippen molar-refractivity contribution in [3.8, 4) is 17.2 Å². The highest BCUT2D eigenvalue weighted by atomic mass is 79.9. The van der Waals surface area contributed by atoms with Crippen molar-refractivity contribution in [1.29, 1.82) is 0 Å². The molecule has 0 amide bonds. The zero-order chi connectivity index (χ0) is 22.9. The van der Waals surface area contributed by atoms with Gasteiger partial charge in [-0.3, -0.25) is 9.89 Å². The molecule has 2 aromatic carbocycles. The van der Waals surface area contributed by atoms with E-state index >= 15 is 0 Å². The van der Waals surface area contributed by atoms with Gasteiger partial charge in [0.05, 0.1) is 22.0 Å². The second-order valence-corrected chi connectivity index (χ2v) is 10.1. The molecule has 2 heterocycles. The number of carbonyl (C=O) groups is 1. The van der Waals surface area contributed by atoms with Crippen LogP contribution < -0.4 is 5.14 Å². The average molecular weight is 534 g/mol. The number of aromatic amines is 1. The van der Waals surface area contributed by atoms with E-state index in [0.29, 0.717) is 33.6 Å². The molecule has 0 unspecified atom stereocenters. The van der Waals surface area contributed by atoms with E-state index in [1.54, 1.807) is 35.9 Å². The molecule has 4 aromatic rings. The summed E-state index contributed by atoms with van der Waals surface area (Å²) in [5.41, 5.74) is 2.38. The predicted molar refractivity (Wildman–Crippen MR) is 122 cm³/mol. The fraction of sp³-hybridized carbons (Fsp3) is 0.105. The highest BCUT2D eigenvalue weighted by molar-refractivity contribution is 9.10. The number of carbonyl (C=O) groups excluding carboxylic acids is 1. The van der Waals surface area contributed by atoms with Gasteiger partial charge >= 0.3 is 0 Å². The van der Waals surface area contributed by atoms with Gasteiger partial charge < -0.3 is 0 Å². The first kappa shape index (κ1) is 22.3. The number of primary sulfonamides is 1. The lowest BCUT2D eigenvalue weighted by atomic mass is 10.2. The van der Waals surface area contributed by atoms with Crippen LogP contribution in [-0.4, -0.2) is 50.1 Å². The molecule has 0 spiro atoms. The maximum atomic E-state index is 12.4. The molecule has 3 N–H and O–H groups in total. The number of nitrogens with one attached hydrogen (secondary N) is 1. The van der Waals surface area contributed by atoms with Crippen LogP contribution in [0.1, 0.15) is 16.1 Å². The van der Waals surface area contributed by atoms with Gasteiger partial charge in [0.1, 0.15) is 0 Å². The molecule has 13 heteroatoms. The molecule has 4 rings (SSSR count). The number of aromatic nitrogens is 6. The van der Waals surface area contributed by atoms with Gasteiger partial charge in [0, 0.05) is 10.0 Å². The summed E-state index contributed by atoms with van der Waals surface area (Å²) in [7, 11) is -3.78. The Morgan fingerprint density at radius 2 is 1.97 bits per heavy atom. The lowest BCUT2D eigenvalue weighted by Gasteiger charge is -2.04. The molecule has 0 atom stereocenters. The molecule has 0 aliphatic rings. The summed E-state index contributed by atoms with van der Waals surface area (Å²) in [5.74, 6) is 0.565. The minimum atomic E-state index is -3.78. The number of rotatable bonds is 7. The van der Waals surface area contributed by atoms with Gasteiger partial charge in [-0.05, 0) is 43.3 Å². The normalized spacial score (nSPS) is 11.6. The summed E-state index contributed by atoms with van der Waals surface area (Å²) in [6.07, 6.45) is 0. The molecule has 0 saturated heterocycles. The molecule has 0 aliphatic heterocycles. The summed E-state index contributed by atoms with van der Waals surface area (Å²) < 4.78 is 25.2. The topological polar surface area (TPSA) is 150 Å². The van der Waals surface area contributed by atoms with Crippen molar-refractivity contribution < 1.29 is 13.2 Å². The van der Waals surface area contributed by atoms with E-state index in [2.05, 4.69) is 41.4 Å². The van der Waals surface area contributed by atoms with Crippen molar-refractivity contribution in [3.63, 3.8) is 0 Å². The fourth-order valence-electron chi connectivity index (χ4n) is 2.86. The number of thioether (sulfide) groups is 1. The Bertz CT molecular complexity index is 1400. The van der Waals surface area contributed by atoms with Crippen molar-refractivity contribution in [2.45, 2.75) is 17.0 Å². The van der Waals surface area contributed by atoms with E-state index < -0.39 is 10.0 Å². The number of nitrogens with zero attached hydrogens (tertiary/aromatic N) is 5. The van der Waals surface area contributed by atoms with Gasteiger partial charge in [0.2, 0.25) is 15.2 Å². The van der Waals surface area contributed by atoms with Crippen LogP contribution in [0.2, 0.25) is 0 Å². The molecule has 0 fully saturated rings. The molecule has 0 saturated carbocycles. The number of hydrogen-bond donors (Lipinski definition) is 2. The van der Waals surface area contributed by atoms with Gasteiger partial charge in [-0.2, -0.15) is 4.98 Å². The lowest BCUT2D eigenvalue weighted by molar-refractivity contribution is 0.102. The van der Waals surface area contributed by atoms with Gasteiger partial charge in [-0.1, -0.05) is 45.0 Å². The van der Waals surface area contributed by atoms with Crippen LogP contribution >= 0.6 is 27.7 Å². The summed E-state index contributed by atoms with van der Waals surface area (Å²) >= 11 is 4.57. The average Bonchev–Trinajstić information content (AvgIpc) is 3.38. The van der Waals surface area contributed by atoms with Crippen LogP contribution in [0.25, 0.3) is 17.2 Å². The highest BCUT2D eigenvalue weighted by Crippen LogP contribution is 2.23. The van der Waals surface area contributed by atoms with E-state index in [4.69, 9.17) is 5.14 Å². The summed E-state index contributed by atoms with van der Waals surface area (Å²) in [6, 6.07) is 13.2. The lowest BCUT2D eigenvalue weighted by Crippen LogP contribution is -2.12. The molecule has 10 nitrogen and oxygen atoms in total. The summed E-state index contributed by atoms with van der Waals surface area (Å²) in [6.45, 7) is 1.80. The Kier molecular flexibility index (Phi) is 6.24. The van der Waals surface area contributed by atoms with Gasteiger partial charge in [0.25, 0.3) is 0 Å². The number of halogens is 1. The molecule has 0 radical (unpaired) electrons. The van der Waals surface area contributed by atoms with Crippen LogP contribution in [0.4, 0.5) is 0 Å². The summed E-state index contributed by atoms with van der Waals surface area (Å²) in [4.78, 5) is 16.8. The number of Topliss-reactive ketones (excluding diaryl/α,β-unsaturated/α-hetero) is 1. The Balaban J connectivity index is 1.49. The van der Waals surface area contributed by atoms with E-state index in [1.165, 1.54) is 23.9 Å². The molecular formula is C19H16BrN7O3S2. The summed E-state index contributed by atoms with van der Waals surface area (Å²) in [5, 5.41) is 20.8.